The second-order valence-corrected chi connectivity index (χ2v) is 4.74. The van der Waals surface area contributed by atoms with Gasteiger partial charge >= 0.3 is 5.97 Å². The fourth-order valence-electron chi connectivity index (χ4n) is 0.861. The number of hydrogen-bond donors (Lipinski definition) is 0. The molecule has 1 rings (SSSR count). The summed E-state index contributed by atoms with van der Waals surface area (Å²) in [6, 6.07) is 2.98. The number of aromatic nitrogens is 1. The SMILES string of the molecule is CC(C)(C)OC(=O)c1ccc(Cl)c(Cl)n1. The van der Waals surface area contributed by atoms with Crippen LogP contribution in [-0.2, 0) is 4.74 Å². The lowest BCUT2D eigenvalue weighted by Gasteiger charge is -2.19. The van der Waals surface area contributed by atoms with Crippen molar-refractivity contribution in [3.8, 4) is 0 Å². The molecule has 1 aromatic rings. The van der Waals surface area contributed by atoms with Crippen molar-refractivity contribution in [3.05, 3.63) is 28.0 Å². The fraction of sp³-hybridized carbons (Fsp3) is 0.400. The van der Waals surface area contributed by atoms with Crippen LogP contribution in [0, 0.1) is 0 Å². The molecule has 0 spiro atoms. The van der Waals surface area contributed by atoms with Gasteiger partial charge in [0.25, 0.3) is 0 Å². The Balaban J connectivity index is 2.88. The van der Waals surface area contributed by atoms with Crippen LogP contribution in [0.2, 0.25) is 10.2 Å². The molecule has 0 amide bonds. The average Bonchev–Trinajstić information content (AvgIpc) is 2.06. The van der Waals surface area contributed by atoms with E-state index in [-0.39, 0.29) is 10.8 Å². The Hall–Kier alpha value is -0.800. The monoisotopic (exact) mass is 247 g/mol. The summed E-state index contributed by atoms with van der Waals surface area (Å²) in [5, 5.41) is 0.406. The highest BCUT2D eigenvalue weighted by Crippen LogP contribution is 2.20. The number of halogens is 2. The van der Waals surface area contributed by atoms with Gasteiger partial charge in [-0.25, -0.2) is 9.78 Å². The molecule has 0 bridgehead atoms. The molecule has 0 N–H and O–H groups in total. The molecule has 0 aliphatic rings. The Labute approximate surface area is 98.4 Å². The van der Waals surface area contributed by atoms with Gasteiger partial charge in [-0.3, -0.25) is 0 Å². The molecule has 0 aliphatic heterocycles. The predicted molar refractivity (Wildman–Crippen MR) is 59.4 cm³/mol. The lowest BCUT2D eigenvalue weighted by molar-refractivity contribution is 0.00629. The molecule has 0 saturated carbocycles. The van der Waals surface area contributed by atoms with Crippen LogP contribution in [-0.4, -0.2) is 16.6 Å². The Kier molecular flexibility index (Phi) is 3.58. The van der Waals surface area contributed by atoms with E-state index >= 15 is 0 Å². The highest BCUT2D eigenvalue weighted by atomic mass is 35.5. The van der Waals surface area contributed by atoms with Crippen molar-refractivity contribution in [2.75, 3.05) is 0 Å². The summed E-state index contributed by atoms with van der Waals surface area (Å²) in [7, 11) is 0. The molecule has 0 aromatic carbocycles. The maximum Gasteiger partial charge on any atom is 0.357 e. The molecular formula is C10H11Cl2NO2. The molecule has 0 fully saturated rings. The van der Waals surface area contributed by atoms with E-state index in [1.165, 1.54) is 12.1 Å². The van der Waals surface area contributed by atoms with E-state index < -0.39 is 11.6 Å². The molecule has 15 heavy (non-hydrogen) atoms. The van der Waals surface area contributed by atoms with Gasteiger partial charge in [-0.05, 0) is 32.9 Å². The molecule has 0 saturated heterocycles. The summed E-state index contributed by atoms with van der Waals surface area (Å²) in [5.74, 6) is -0.513. The molecule has 0 unspecified atom stereocenters. The van der Waals surface area contributed by atoms with Crippen LogP contribution in [0.25, 0.3) is 0 Å². The number of hydrogen-bond acceptors (Lipinski definition) is 3. The summed E-state index contributed by atoms with van der Waals surface area (Å²) in [4.78, 5) is 15.4. The molecule has 0 aliphatic carbocycles. The van der Waals surface area contributed by atoms with E-state index in [9.17, 15) is 4.79 Å². The van der Waals surface area contributed by atoms with Crippen LogP contribution < -0.4 is 0 Å². The van der Waals surface area contributed by atoms with Crippen LogP contribution in [0.3, 0.4) is 0 Å². The Morgan fingerprint density at radius 1 is 1.33 bits per heavy atom. The van der Waals surface area contributed by atoms with Gasteiger partial charge in [-0.1, -0.05) is 23.2 Å². The lowest BCUT2D eigenvalue weighted by atomic mass is 10.2. The van der Waals surface area contributed by atoms with E-state index in [4.69, 9.17) is 27.9 Å². The van der Waals surface area contributed by atoms with Crippen molar-refractivity contribution < 1.29 is 9.53 Å². The largest absolute Gasteiger partial charge is 0.455 e. The molecule has 0 atom stereocenters. The summed E-state index contributed by atoms with van der Waals surface area (Å²) in [6.45, 7) is 5.34. The summed E-state index contributed by atoms with van der Waals surface area (Å²) < 4.78 is 5.12. The number of carbonyl (C=O) groups is 1. The van der Waals surface area contributed by atoms with E-state index in [0.29, 0.717) is 5.02 Å². The second kappa shape index (κ2) is 4.37. The van der Waals surface area contributed by atoms with Crippen molar-refractivity contribution in [2.45, 2.75) is 26.4 Å². The van der Waals surface area contributed by atoms with Crippen molar-refractivity contribution in [1.82, 2.24) is 4.98 Å². The first-order valence-corrected chi connectivity index (χ1v) is 5.10. The number of ether oxygens (including phenoxy) is 1. The summed E-state index contributed by atoms with van der Waals surface area (Å²) >= 11 is 11.4. The number of carbonyl (C=O) groups excluding carboxylic acids is 1. The van der Waals surface area contributed by atoms with Crippen molar-refractivity contribution in [2.24, 2.45) is 0 Å². The van der Waals surface area contributed by atoms with E-state index in [1.807, 2.05) is 0 Å². The first kappa shape index (κ1) is 12.3. The first-order valence-electron chi connectivity index (χ1n) is 4.35. The topological polar surface area (TPSA) is 39.2 Å². The number of rotatable bonds is 1. The number of esters is 1. The molecule has 5 heteroatoms. The highest BCUT2D eigenvalue weighted by molar-refractivity contribution is 6.41. The van der Waals surface area contributed by atoms with Gasteiger partial charge in [0.1, 0.15) is 16.4 Å². The standard InChI is InChI=1S/C10H11Cl2NO2/c1-10(2,3)15-9(14)7-5-4-6(11)8(12)13-7/h4-5H,1-3H3. The third-order valence-corrected chi connectivity index (χ3v) is 2.10. The van der Waals surface area contributed by atoms with Crippen LogP contribution >= 0.6 is 23.2 Å². The van der Waals surface area contributed by atoms with Gasteiger partial charge in [0.05, 0.1) is 5.02 Å². The van der Waals surface area contributed by atoms with Gasteiger partial charge in [0.2, 0.25) is 0 Å². The zero-order valence-electron chi connectivity index (χ0n) is 8.67. The molecule has 3 nitrogen and oxygen atoms in total. The Bertz CT molecular complexity index is 385. The van der Waals surface area contributed by atoms with Crippen LogP contribution in [0.4, 0.5) is 0 Å². The molecular weight excluding hydrogens is 237 g/mol. The third kappa shape index (κ3) is 3.68. The minimum Gasteiger partial charge on any atom is -0.455 e. The van der Waals surface area contributed by atoms with Gasteiger partial charge in [0, 0.05) is 0 Å². The maximum atomic E-state index is 11.5. The van der Waals surface area contributed by atoms with E-state index in [0.717, 1.165) is 0 Å². The smallest absolute Gasteiger partial charge is 0.357 e. The van der Waals surface area contributed by atoms with Crippen LogP contribution in [0.15, 0.2) is 12.1 Å². The van der Waals surface area contributed by atoms with E-state index in [1.54, 1.807) is 20.8 Å². The zero-order chi connectivity index (χ0) is 11.6. The summed E-state index contributed by atoms with van der Waals surface area (Å²) in [5.41, 5.74) is -0.399. The first-order chi connectivity index (χ1) is 6.79. The molecule has 0 radical (unpaired) electrons. The Morgan fingerprint density at radius 3 is 2.40 bits per heavy atom. The minimum atomic E-state index is -0.551. The maximum absolute atomic E-state index is 11.5. The van der Waals surface area contributed by atoms with Crippen molar-refractivity contribution >= 4 is 29.2 Å². The normalized spacial score (nSPS) is 11.3. The molecule has 1 aromatic heterocycles. The highest BCUT2D eigenvalue weighted by Gasteiger charge is 2.19. The van der Waals surface area contributed by atoms with Gasteiger partial charge in [-0.2, -0.15) is 0 Å². The van der Waals surface area contributed by atoms with Gasteiger partial charge < -0.3 is 4.74 Å². The van der Waals surface area contributed by atoms with Crippen molar-refractivity contribution in [3.63, 3.8) is 0 Å². The van der Waals surface area contributed by atoms with Gasteiger partial charge in [0.15, 0.2) is 0 Å². The van der Waals surface area contributed by atoms with Gasteiger partial charge in [-0.15, -0.1) is 0 Å². The molecule has 82 valence electrons. The van der Waals surface area contributed by atoms with E-state index in [2.05, 4.69) is 4.98 Å². The fourth-order valence-corrected chi connectivity index (χ4v) is 1.12. The Morgan fingerprint density at radius 2 is 1.93 bits per heavy atom. The van der Waals surface area contributed by atoms with Crippen LogP contribution in [0.5, 0.6) is 0 Å². The van der Waals surface area contributed by atoms with Crippen molar-refractivity contribution in [1.29, 1.82) is 0 Å². The second-order valence-electron chi connectivity index (χ2n) is 3.97. The quantitative estimate of drug-likeness (QED) is 0.565. The average molecular weight is 248 g/mol. The zero-order valence-corrected chi connectivity index (χ0v) is 10.2. The number of pyridine rings is 1. The predicted octanol–water partition coefficient (Wildman–Crippen LogP) is 3.34. The summed E-state index contributed by atoms with van der Waals surface area (Å²) in [6.07, 6.45) is 0. The van der Waals surface area contributed by atoms with Crippen LogP contribution in [0.1, 0.15) is 31.3 Å². The molecule has 1 heterocycles. The lowest BCUT2D eigenvalue weighted by Crippen LogP contribution is -2.24. The minimum absolute atomic E-state index is 0.0972. The third-order valence-electron chi connectivity index (χ3n) is 1.41. The number of nitrogens with zero attached hydrogens (tertiary/aromatic N) is 1.